The second kappa shape index (κ2) is 4.20. The lowest BCUT2D eigenvalue weighted by Crippen LogP contribution is -2.28. The van der Waals surface area contributed by atoms with E-state index in [1.807, 2.05) is 23.1 Å². The summed E-state index contributed by atoms with van der Waals surface area (Å²) in [5.41, 5.74) is 4.29. The number of hydrogen-bond donors (Lipinski definition) is 0. The highest BCUT2D eigenvalue weighted by molar-refractivity contribution is 6.08. The Balaban J connectivity index is 1.74. The molecule has 0 saturated carbocycles. The largest absolute Gasteiger partial charge is 0.443 e. The van der Waals surface area contributed by atoms with Gasteiger partial charge in [0.2, 0.25) is 0 Å². The van der Waals surface area contributed by atoms with E-state index in [9.17, 15) is 4.79 Å². The molecule has 1 amide bonds. The van der Waals surface area contributed by atoms with E-state index < -0.39 is 0 Å². The second-order valence-corrected chi connectivity index (χ2v) is 4.87. The molecule has 98 valence electrons. The predicted octanol–water partition coefficient (Wildman–Crippen LogP) is 3.03. The monoisotopic (exact) mass is 264 g/mol. The van der Waals surface area contributed by atoms with E-state index in [1.54, 1.807) is 18.2 Å². The molecule has 0 aliphatic carbocycles. The molecule has 4 nitrogen and oxygen atoms in total. The summed E-state index contributed by atoms with van der Waals surface area (Å²) in [6.07, 6.45) is 2.30. The normalized spacial score (nSPS) is 13.7. The maximum Gasteiger partial charge on any atom is 0.258 e. The molecule has 0 N–H and O–H groups in total. The van der Waals surface area contributed by atoms with Crippen molar-refractivity contribution < 1.29 is 9.21 Å². The van der Waals surface area contributed by atoms with Crippen LogP contribution in [-0.2, 0) is 6.42 Å². The van der Waals surface area contributed by atoms with Gasteiger partial charge in [0.25, 0.3) is 5.91 Å². The van der Waals surface area contributed by atoms with E-state index in [0.717, 1.165) is 18.7 Å². The van der Waals surface area contributed by atoms with Gasteiger partial charge in [-0.25, -0.2) is 4.98 Å². The summed E-state index contributed by atoms with van der Waals surface area (Å²) in [6, 6.07) is 13.4. The third kappa shape index (κ3) is 1.61. The van der Waals surface area contributed by atoms with Crippen LogP contribution in [-0.4, -0.2) is 17.4 Å². The van der Waals surface area contributed by atoms with Crippen molar-refractivity contribution in [3.05, 3.63) is 60.0 Å². The van der Waals surface area contributed by atoms with Crippen LogP contribution in [0.15, 0.2) is 53.3 Å². The van der Waals surface area contributed by atoms with Crippen molar-refractivity contribution >= 4 is 22.7 Å². The number of amides is 1. The Hall–Kier alpha value is -2.62. The number of carbonyl (C=O) groups is 1. The number of carbonyl (C=O) groups excluding carboxylic acids is 1. The summed E-state index contributed by atoms with van der Waals surface area (Å²) in [6.45, 7) is 0.731. The summed E-state index contributed by atoms with van der Waals surface area (Å²) >= 11 is 0. The Morgan fingerprint density at radius 2 is 2.10 bits per heavy atom. The average molecular weight is 264 g/mol. The molecule has 3 aromatic rings. The molecule has 0 radical (unpaired) electrons. The van der Waals surface area contributed by atoms with E-state index in [-0.39, 0.29) is 5.91 Å². The van der Waals surface area contributed by atoms with Crippen LogP contribution < -0.4 is 4.90 Å². The third-order valence-corrected chi connectivity index (χ3v) is 3.71. The van der Waals surface area contributed by atoms with Gasteiger partial charge in [0.05, 0.1) is 0 Å². The zero-order chi connectivity index (χ0) is 13.5. The van der Waals surface area contributed by atoms with Crippen LogP contribution in [0.5, 0.6) is 0 Å². The Kier molecular flexibility index (Phi) is 2.36. The number of para-hydroxylation sites is 1. The fourth-order valence-corrected chi connectivity index (χ4v) is 2.70. The molecule has 4 rings (SSSR count). The smallest absolute Gasteiger partial charge is 0.258 e. The van der Waals surface area contributed by atoms with Crippen LogP contribution in [0.3, 0.4) is 0 Å². The minimum absolute atomic E-state index is 0.0138. The van der Waals surface area contributed by atoms with Crippen LogP contribution in [0.4, 0.5) is 5.69 Å². The van der Waals surface area contributed by atoms with Crippen LogP contribution in [0.25, 0.3) is 11.1 Å². The van der Waals surface area contributed by atoms with Gasteiger partial charge in [-0.1, -0.05) is 18.2 Å². The lowest BCUT2D eigenvalue weighted by molar-refractivity contribution is 0.0989. The topological polar surface area (TPSA) is 46.3 Å². The molecule has 0 spiro atoms. The average Bonchev–Trinajstić information content (AvgIpc) is 3.12. The summed E-state index contributed by atoms with van der Waals surface area (Å²) in [5, 5.41) is 0. The van der Waals surface area contributed by atoms with Crippen molar-refractivity contribution in [1.29, 1.82) is 0 Å². The van der Waals surface area contributed by atoms with E-state index in [2.05, 4.69) is 11.1 Å². The van der Waals surface area contributed by atoms with Gasteiger partial charge >= 0.3 is 0 Å². The van der Waals surface area contributed by atoms with E-state index in [1.165, 1.54) is 12.0 Å². The molecular weight excluding hydrogens is 252 g/mol. The first-order valence-electron chi connectivity index (χ1n) is 6.56. The fourth-order valence-electron chi connectivity index (χ4n) is 2.70. The molecule has 0 bridgehead atoms. The number of nitrogens with zero attached hydrogens (tertiary/aromatic N) is 2. The molecule has 1 aromatic heterocycles. The molecule has 0 saturated heterocycles. The van der Waals surface area contributed by atoms with Gasteiger partial charge in [0, 0.05) is 17.8 Å². The minimum Gasteiger partial charge on any atom is -0.443 e. The van der Waals surface area contributed by atoms with Crippen molar-refractivity contribution in [3.8, 4) is 0 Å². The Morgan fingerprint density at radius 3 is 3.05 bits per heavy atom. The van der Waals surface area contributed by atoms with Crippen LogP contribution in [0, 0.1) is 0 Å². The summed E-state index contributed by atoms with van der Waals surface area (Å²) < 4.78 is 5.20. The van der Waals surface area contributed by atoms with E-state index >= 15 is 0 Å². The zero-order valence-electron chi connectivity index (χ0n) is 10.7. The van der Waals surface area contributed by atoms with Crippen LogP contribution in [0.2, 0.25) is 0 Å². The van der Waals surface area contributed by atoms with Crippen LogP contribution >= 0.6 is 0 Å². The highest BCUT2D eigenvalue weighted by atomic mass is 16.3. The molecule has 2 aromatic carbocycles. The first-order valence-corrected chi connectivity index (χ1v) is 6.56. The van der Waals surface area contributed by atoms with E-state index in [4.69, 9.17) is 4.42 Å². The molecule has 0 atom stereocenters. The number of benzene rings is 2. The highest BCUT2D eigenvalue weighted by Crippen LogP contribution is 2.29. The van der Waals surface area contributed by atoms with Crippen LogP contribution in [0.1, 0.15) is 15.9 Å². The molecule has 2 heterocycles. The van der Waals surface area contributed by atoms with Crippen molar-refractivity contribution in [2.45, 2.75) is 6.42 Å². The lowest BCUT2D eigenvalue weighted by atomic mass is 10.1. The fraction of sp³-hybridized carbons (Fsp3) is 0.125. The van der Waals surface area contributed by atoms with Gasteiger partial charge in [0.15, 0.2) is 12.0 Å². The number of rotatable bonds is 1. The van der Waals surface area contributed by atoms with Crippen molar-refractivity contribution in [2.24, 2.45) is 0 Å². The zero-order valence-corrected chi connectivity index (χ0v) is 10.7. The molecule has 1 aliphatic rings. The van der Waals surface area contributed by atoms with Gasteiger partial charge in [-0.3, -0.25) is 4.79 Å². The second-order valence-electron chi connectivity index (χ2n) is 4.87. The minimum atomic E-state index is 0.0138. The number of fused-ring (bicyclic) bond motifs is 2. The lowest BCUT2D eigenvalue weighted by Gasteiger charge is -2.17. The number of aromatic nitrogens is 1. The number of hydrogen-bond acceptors (Lipinski definition) is 3. The number of anilines is 1. The quantitative estimate of drug-likeness (QED) is 0.678. The Bertz CT molecular complexity index is 807. The Labute approximate surface area is 115 Å². The molecule has 0 unspecified atom stereocenters. The maximum absolute atomic E-state index is 12.6. The highest BCUT2D eigenvalue weighted by Gasteiger charge is 2.25. The standard InChI is InChI=1S/C16H12N2O2/c19-16(12-5-6-15-13(9-12)17-10-20-15)18-8-7-11-3-1-2-4-14(11)18/h1-6,9-10H,7-8H2. The van der Waals surface area contributed by atoms with Gasteiger partial charge in [-0.05, 0) is 36.2 Å². The van der Waals surface area contributed by atoms with E-state index in [0.29, 0.717) is 16.7 Å². The first kappa shape index (κ1) is 11.2. The molecular formula is C16H12N2O2. The Morgan fingerprint density at radius 1 is 1.20 bits per heavy atom. The molecule has 4 heteroatoms. The van der Waals surface area contributed by atoms with Crippen molar-refractivity contribution in [1.82, 2.24) is 4.98 Å². The first-order chi connectivity index (χ1) is 9.83. The maximum atomic E-state index is 12.6. The van der Waals surface area contributed by atoms with Crippen molar-refractivity contribution in [3.63, 3.8) is 0 Å². The SMILES string of the molecule is O=C(c1ccc2ocnc2c1)N1CCc2ccccc21. The van der Waals surface area contributed by atoms with Gasteiger partial charge in [0.1, 0.15) is 5.52 Å². The van der Waals surface area contributed by atoms with Gasteiger partial charge in [-0.2, -0.15) is 0 Å². The summed E-state index contributed by atoms with van der Waals surface area (Å²) in [5.74, 6) is 0.0138. The van der Waals surface area contributed by atoms with Gasteiger partial charge in [-0.15, -0.1) is 0 Å². The molecule has 1 aliphatic heterocycles. The molecule has 0 fully saturated rings. The number of oxazole rings is 1. The summed E-state index contributed by atoms with van der Waals surface area (Å²) in [4.78, 5) is 18.6. The molecule has 20 heavy (non-hydrogen) atoms. The third-order valence-electron chi connectivity index (χ3n) is 3.71. The predicted molar refractivity (Wildman–Crippen MR) is 75.8 cm³/mol. The van der Waals surface area contributed by atoms with Gasteiger partial charge < -0.3 is 9.32 Å². The van der Waals surface area contributed by atoms with Crippen molar-refractivity contribution in [2.75, 3.05) is 11.4 Å². The summed E-state index contributed by atoms with van der Waals surface area (Å²) in [7, 11) is 0.